The van der Waals surface area contributed by atoms with Gasteiger partial charge in [0.1, 0.15) is 0 Å². The Bertz CT molecular complexity index is 984. The van der Waals surface area contributed by atoms with Gasteiger partial charge in [0.15, 0.2) is 0 Å². The smallest absolute Gasteiger partial charge is 0.255 e. The zero-order valence-corrected chi connectivity index (χ0v) is 18.1. The molecule has 1 aliphatic heterocycles. The molecule has 2 aromatic carbocycles. The Kier molecular flexibility index (Phi) is 6.95. The van der Waals surface area contributed by atoms with Gasteiger partial charge in [-0.05, 0) is 54.3 Å². The predicted octanol–water partition coefficient (Wildman–Crippen LogP) is 3.74. The largest absolute Gasteiger partial charge is 0.379 e. The molecule has 0 aliphatic carbocycles. The van der Waals surface area contributed by atoms with Gasteiger partial charge in [-0.2, -0.15) is 4.31 Å². The van der Waals surface area contributed by atoms with Crippen molar-refractivity contribution in [1.29, 1.82) is 0 Å². The molecule has 0 bridgehead atoms. The van der Waals surface area contributed by atoms with Crippen LogP contribution in [0.2, 0.25) is 5.02 Å². The van der Waals surface area contributed by atoms with Crippen LogP contribution in [0.5, 0.6) is 0 Å². The number of rotatable bonds is 6. The van der Waals surface area contributed by atoms with Crippen molar-refractivity contribution >= 4 is 33.2 Å². The van der Waals surface area contributed by atoms with Gasteiger partial charge in [0.2, 0.25) is 10.0 Å². The van der Waals surface area contributed by atoms with E-state index in [0.29, 0.717) is 43.3 Å². The summed E-state index contributed by atoms with van der Waals surface area (Å²) in [6, 6.07) is 9.77. The second-order valence-electron chi connectivity index (χ2n) is 6.76. The summed E-state index contributed by atoms with van der Waals surface area (Å²) in [5, 5.41) is 3.58. The van der Waals surface area contributed by atoms with Gasteiger partial charge in [-0.15, -0.1) is 0 Å². The summed E-state index contributed by atoms with van der Waals surface area (Å²) >= 11 is 6.30. The average molecular weight is 437 g/mol. The standard InChI is InChI=1S/C21H25ClN2O4S/c1-3-15-7-10-19(22)18(4-2)20(15)23-21(25)16-5-8-17(9-6-16)29(26,27)24-11-13-28-14-12-24/h5-10H,3-4,11-14H2,1-2H3,(H,23,25). The van der Waals surface area contributed by atoms with Crippen molar-refractivity contribution in [2.45, 2.75) is 31.6 Å². The SMILES string of the molecule is CCc1ccc(Cl)c(CC)c1NC(=O)c1ccc(S(=O)(=O)N2CCOCC2)cc1. The number of hydrogen-bond donors (Lipinski definition) is 1. The summed E-state index contributed by atoms with van der Waals surface area (Å²) in [6.07, 6.45) is 1.45. The molecule has 1 heterocycles. The number of benzene rings is 2. The number of hydrogen-bond acceptors (Lipinski definition) is 4. The first-order chi connectivity index (χ1) is 13.9. The highest BCUT2D eigenvalue weighted by Gasteiger charge is 2.26. The first-order valence-corrected chi connectivity index (χ1v) is 11.5. The molecule has 0 radical (unpaired) electrons. The fourth-order valence-electron chi connectivity index (χ4n) is 3.37. The van der Waals surface area contributed by atoms with Crippen molar-refractivity contribution in [3.05, 3.63) is 58.1 Å². The van der Waals surface area contributed by atoms with Crippen molar-refractivity contribution in [2.75, 3.05) is 31.6 Å². The van der Waals surface area contributed by atoms with Crippen LogP contribution in [0.4, 0.5) is 5.69 Å². The molecular weight excluding hydrogens is 412 g/mol. The van der Waals surface area contributed by atoms with Gasteiger partial charge in [0, 0.05) is 29.4 Å². The Morgan fingerprint density at radius 1 is 1.07 bits per heavy atom. The number of amides is 1. The number of halogens is 1. The maximum absolute atomic E-state index is 12.8. The highest BCUT2D eigenvalue weighted by Crippen LogP contribution is 2.30. The van der Waals surface area contributed by atoms with E-state index in [1.54, 1.807) is 0 Å². The molecule has 0 atom stereocenters. The van der Waals surface area contributed by atoms with Crippen LogP contribution in [0.25, 0.3) is 0 Å². The number of ether oxygens (including phenoxy) is 1. The van der Waals surface area contributed by atoms with Crippen LogP contribution in [0, 0.1) is 0 Å². The van der Waals surface area contributed by atoms with Gasteiger partial charge in [0.25, 0.3) is 5.91 Å². The minimum atomic E-state index is -3.59. The lowest BCUT2D eigenvalue weighted by Gasteiger charge is -2.26. The van der Waals surface area contributed by atoms with E-state index < -0.39 is 10.0 Å². The molecule has 1 saturated heterocycles. The zero-order valence-electron chi connectivity index (χ0n) is 16.6. The van der Waals surface area contributed by atoms with Crippen molar-refractivity contribution in [2.24, 2.45) is 0 Å². The molecule has 0 spiro atoms. The van der Waals surface area contributed by atoms with Crippen molar-refractivity contribution < 1.29 is 17.9 Å². The summed E-state index contributed by atoms with van der Waals surface area (Å²) in [6.45, 7) is 5.45. The van der Waals surface area contributed by atoms with Gasteiger partial charge in [-0.25, -0.2) is 8.42 Å². The van der Waals surface area contributed by atoms with Gasteiger partial charge in [-0.1, -0.05) is 31.5 Å². The van der Waals surface area contributed by atoms with E-state index in [9.17, 15) is 13.2 Å². The number of nitrogens with one attached hydrogen (secondary N) is 1. The molecule has 8 heteroatoms. The lowest BCUT2D eigenvalue weighted by molar-refractivity contribution is 0.0730. The number of morpholine rings is 1. The summed E-state index contributed by atoms with van der Waals surface area (Å²) < 4.78 is 32.1. The number of carbonyl (C=O) groups is 1. The second-order valence-corrected chi connectivity index (χ2v) is 9.11. The molecule has 1 aliphatic rings. The summed E-state index contributed by atoms with van der Waals surface area (Å²) in [4.78, 5) is 13.0. The van der Waals surface area contributed by atoms with Crippen LogP contribution in [0.15, 0.2) is 41.3 Å². The van der Waals surface area contributed by atoms with Gasteiger partial charge in [-0.3, -0.25) is 4.79 Å². The summed E-state index contributed by atoms with van der Waals surface area (Å²) in [7, 11) is -3.59. The lowest BCUT2D eigenvalue weighted by atomic mass is 10.0. The maximum atomic E-state index is 12.8. The normalized spacial score (nSPS) is 15.3. The number of aryl methyl sites for hydroxylation is 1. The Balaban J connectivity index is 1.82. The third-order valence-corrected chi connectivity index (χ3v) is 7.31. The lowest BCUT2D eigenvalue weighted by Crippen LogP contribution is -2.40. The molecule has 2 aromatic rings. The molecule has 1 N–H and O–H groups in total. The minimum Gasteiger partial charge on any atom is -0.379 e. The average Bonchev–Trinajstić information content (AvgIpc) is 2.75. The Labute approximate surface area is 176 Å². The van der Waals surface area contributed by atoms with E-state index >= 15 is 0 Å². The third kappa shape index (κ3) is 4.64. The number of nitrogens with zero attached hydrogens (tertiary/aromatic N) is 1. The third-order valence-electron chi connectivity index (χ3n) is 5.04. The molecule has 0 aromatic heterocycles. The molecule has 3 rings (SSSR count). The first kappa shape index (κ1) is 21.8. The molecule has 1 amide bonds. The van der Waals surface area contributed by atoms with E-state index in [1.807, 2.05) is 26.0 Å². The number of anilines is 1. The monoisotopic (exact) mass is 436 g/mol. The van der Waals surface area contributed by atoms with Crippen molar-refractivity contribution in [1.82, 2.24) is 4.31 Å². The molecule has 29 heavy (non-hydrogen) atoms. The molecule has 156 valence electrons. The first-order valence-electron chi connectivity index (χ1n) is 9.68. The fraction of sp³-hybridized carbons (Fsp3) is 0.381. The maximum Gasteiger partial charge on any atom is 0.255 e. The van der Waals surface area contributed by atoms with Gasteiger partial charge < -0.3 is 10.1 Å². The summed E-state index contributed by atoms with van der Waals surface area (Å²) in [5.74, 6) is -0.299. The molecule has 0 saturated carbocycles. The van der Waals surface area contributed by atoms with E-state index in [-0.39, 0.29) is 10.8 Å². The van der Waals surface area contributed by atoms with Gasteiger partial charge >= 0.3 is 0 Å². The van der Waals surface area contributed by atoms with Crippen LogP contribution in [-0.4, -0.2) is 44.9 Å². The van der Waals surface area contributed by atoms with Crippen LogP contribution in [-0.2, 0) is 27.6 Å². The fourth-order valence-corrected chi connectivity index (χ4v) is 5.07. The Morgan fingerprint density at radius 2 is 1.72 bits per heavy atom. The molecular formula is C21H25ClN2O4S. The van der Waals surface area contributed by atoms with Gasteiger partial charge in [0.05, 0.1) is 18.1 Å². The van der Waals surface area contributed by atoms with Crippen LogP contribution < -0.4 is 5.32 Å². The Morgan fingerprint density at radius 3 is 2.31 bits per heavy atom. The quantitative estimate of drug-likeness (QED) is 0.748. The van der Waals surface area contributed by atoms with E-state index in [2.05, 4.69) is 5.32 Å². The minimum absolute atomic E-state index is 0.169. The van der Waals surface area contributed by atoms with E-state index in [4.69, 9.17) is 16.3 Å². The number of carbonyl (C=O) groups excluding carboxylic acids is 1. The van der Waals surface area contributed by atoms with Crippen LogP contribution in [0.3, 0.4) is 0 Å². The highest BCUT2D eigenvalue weighted by atomic mass is 35.5. The second kappa shape index (κ2) is 9.26. The predicted molar refractivity (Wildman–Crippen MR) is 114 cm³/mol. The zero-order chi connectivity index (χ0) is 21.0. The topological polar surface area (TPSA) is 75.7 Å². The Hall–Kier alpha value is -1.93. The molecule has 1 fully saturated rings. The molecule has 0 unspecified atom stereocenters. The van der Waals surface area contributed by atoms with Crippen molar-refractivity contribution in [3.8, 4) is 0 Å². The van der Waals surface area contributed by atoms with Crippen LogP contribution in [0.1, 0.15) is 35.3 Å². The molecule has 6 nitrogen and oxygen atoms in total. The summed E-state index contributed by atoms with van der Waals surface area (Å²) in [5.41, 5.74) is 3.02. The van der Waals surface area contributed by atoms with E-state index in [0.717, 1.165) is 23.2 Å². The van der Waals surface area contributed by atoms with Crippen molar-refractivity contribution in [3.63, 3.8) is 0 Å². The number of sulfonamides is 1. The highest BCUT2D eigenvalue weighted by molar-refractivity contribution is 7.89. The van der Waals surface area contributed by atoms with Crippen LogP contribution >= 0.6 is 11.6 Å². The van der Waals surface area contributed by atoms with E-state index in [1.165, 1.54) is 28.6 Å².